The minimum absolute atomic E-state index is 0.155. The summed E-state index contributed by atoms with van der Waals surface area (Å²) in [5, 5.41) is 0.533. The van der Waals surface area contributed by atoms with Crippen molar-refractivity contribution in [3.05, 3.63) is 75.0 Å². The van der Waals surface area contributed by atoms with Gasteiger partial charge in [-0.15, -0.1) is 0 Å². The van der Waals surface area contributed by atoms with Crippen molar-refractivity contribution < 1.29 is 4.39 Å². The Labute approximate surface area is 122 Å². The third-order valence-electron chi connectivity index (χ3n) is 3.08. The minimum Gasteiger partial charge on any atom is -0.294 e. The average molecular weight is 333 g/mol. The normalized spacial score (nSPS) is 10.9. The van der Waals surface area contributed by atoms with E-state index in [0.29, 0.717) is 16.5 Å². The zero-order chi connectivity index (χ0) is 14.1. The Morgan fingerprint density at radius 2 is 2.00 bits per heavy atom. The first-order valence-corrected chi connectivity index (χ1v) is 6.82. The molecule has 1 aromatic heterocycles. The van der Waals surface area contributed by atoms with E-state index in [1.54, 1.807) is 30.3 Å². The number of hydrogen-bond donors (Lipinski definition) is 0. The van der Waals surface area contributed by atoms with Crippen LogP contribution in [-0.4, -0.2) is 9.55 Å². The zero-order valence-electron chi connectivity index (χ0n) is 10.4. The van der Waals surface area contributed by atoms with E-state index in [1.807, 2.05) is 6.07 Å². The Balaban J connectivity index is 2.09. The van der Waals surface area contributed by atoms with Crippen LogP contribution < -0.4 is 5.56 Å². The third kappa shape index (κ3) is 2.36. The van der Waals surface area contributed by atoms with Gasteiger partial charge in [0.25, 0.3) is 5.56 Å². The molecule has 1 heterocycles. The van der Waals surface area contributed by atoms with Gasteiger partial charge in [-0.25, -0.2) is 9.37 Å². The molecule has 0 radical (unpaired) electrons. The van der Waals surface area contributed by atoms with Gasteiger partial charge in [0, 0.05) is 10.0 Å². The second kappa shape index (κ2) is 5.17. The third-order valence-corrected chi connectivity index (χ3v) is 3.57. The molecular weight excluding hydrogens is 323 g/mol. The van der Waals surface area contributed by atoms with Gasteiger partial charge in [-0.05, 0) is 30.3 Å². The maximum atomic E-state index is 13.7. The summed E-state index contributed by atoms with van der Waals surface area (Å²) in [4.78, 5) is 16.5. The molecule has 0 atom stereocenters. The molecule has 0 spiro atoms. The van der Waals surface area contributed by atoms with Crippen LogP contribution in [0.25, 0.3) is 10.9 Å². The van der Waals surface area contributed by atoms with E-state index in [4.69, 9.17) is 0 Å². The quantitative estimate of drug-likeness (QED) is 0.721. The van der Waals surface area contributed by atoms with Crippen molar-refractivity contribution in [3.63, 3.8) is 0 Å². The first-order valence-electron chi connectivity index (χ1n) is 6.03. The van der Waals surface area contributed by atoms with Crippen molar-refractivity contribution in [1.82, 2.24) is 9.55 Å². The SMILES string of the molecule is O=c1c2ccccc2ncn1Cc1cc(Br)ccc1F. The predicted molar refractivity (Wildman–Crippen MR) is 79.2 cm³/mol. The summed E-state index contributed by atoms with van der Waals surface area (Å²) in [6.45, 7) is 0.155. The van der Waals surface area contributed by atoms with Crippen LogP contribution in [0.1, 0.15) is 5.56 Å². The molecular formula is C15H10BrFN2O. The maximum Gasteiger partial charge on any atom is 0.261 e. The number of hydrogen-bond acceptors (Lipinski definition) is 2. The molecule has 5 heteroatoms. The van der Waals surface area contributed by atoms with Crippen molar-refractivity contribution in [2.24, 2.45) is 0 Å². The second-order valence-corrected chi connectivity index (χ2v) is 5.35. The van der Waals surface area contributed by atoms with Crippen LogP contribution in [0.3, 0.4) is 0 Å². The fraction of sp³-hybridized carbons (Fsp3) is 0.0667. The molecule has 0 bridgehead atoms. The Morgan fingerprint density at radius 1 is 1.20 bits per heavy atom. The summed E-state index contributed by atoms with van der Waals surface area (Å²) in [6, 6.07) is 11.8. The highest BCUT2D eigenvalue weighted by Gasteiger charge is 2.07. The molecule has 3 nitrogen and oxygen atoms in total. The fourth-order valence-corrected chi connectivity index (χ4v) is 2.48. The molecule has 0 saturated heterocycles. The number of para-hydroxylation sites is 1. The van der Waals surface area contributed by atoms with Crippen molar-refractivity contribution >= 4 is 26.8 Å². The summed E-state index contributed by atoms with van der Waals surface area (Å²) < 4.78 is 15.9. The lowest BCUT2D eigenvalue weighted by Gasteiger charge is -2.08. The number of nitrogens with zero attached hydrogens (tertiary/aromatic N) is 2. The molecule has 0 aliphatic carbocycles. The van der Waals surface area contributed by atoms with E-state index < -0.39 is 0 Å². The van der Waals surface area contributed by atoms with Crippen molar-refractivity contribution in [3.8, 4) is 0 Å². The van der Waals surface area contributed by atoms with Gasteiger partial charge in [-0.1, -0.05) is 28.1 Å². The molecule has 100 valence electrons. The van der Waals surface area contributed by atoms with E-state index in [1.165, 1.54) is 17.0 Å². The van der Waals surface area contributed by atoms with Gasteiger partial charge < -0.3 is 0 Å². The Hall–Kier alpha value is -2.01. The van der Waals surface area contributed by atoms with E-state index >= 15 is 0 Å². The molecule has 0 aliphatic rings. The Morgan fingerprint density at radius 3 is 2.85 bits per heavy atom. The maximum absolute atomic E-state index is 13.7. The van der Waals surface area contributed by atoms with Crippen LogP contribution in [0.4, 0.5) is 4.39 Å². The highest BCUT2D eigenvalue weighted by atomic mass is 79.9. The van der Waals surface area contributed by atoms with E-state index in [9.17, 15) is 9.18 Å². The van der Waals surface area contributed by atoms with Crippen LogP contribution in [0.15, 0.2) is 58.1 Å². The monoisotopic (exact) mass is 332 g/mol. The van der Waals surface area contributed by atoms with Gasteiger partial charge >= 0.3 is 0 Å². The predicted octanol–water partition coefficient (Wildman–Crippen LogP) is 3.35. The van der Waals surface area contributed by atoms with E-state index in [0.717, 1.165) is 4.47 Å². The number of fused-ring (bicyclic) bond motifs is 1. The lowest BCUT2D eigenvalue weighted by Crippen LogP contribution is -2.21. The molecule has 20 heavy (non-hydrogen) atoms. The van der Waals surface area contributed by atoms with Gasteiger partial charge in [0.2, 0.25) is 0 Å². The van der Waals surface area contributed by atoms with Gasteiger partial charge in [-0.3, -0.25) is 9.36 Å². The summed E-state index contributed by atoms with van der Waals surface area (Å²) in [6.07, 6.45) is 1.45. The molecule has 3 aromatic rings. The number of benzene rings is 2. The molecule has 3 rings (SSSR count). The van der Waals surface area contributed by atoms with Gasteiger partial charge in [-0.2, -0.15) is 0 Å². The standard InChI is InChI=1S/C15H10BrFN2O/c16-11-5-6-13(17)10(7-11)8-19-9-18-14-4-2-1-3-12(14)15(19)20/h1-7,9H,8H2. The van der Waals surface area contributed by atoms with Gasteiger partial charge in [0.1, 0.15) is 5.82 Å². The summed E-state index contributed by atoms with van der Waals surface area (Å²) >= 11 is 3.30. The highest BCUT2D eigenvalue weighted by Crippen LogP contribution is 2.16. The van der Waals surface area contributed by atoms with Crippen LogP contribution >= 0.6 is 15.9 Å². The van der Waals surface area contributed by atoms with Crippen LogP contribution in [0.2, 0.25) is 0 Å². The molecule has 0 unspecified atom stereocenters. The first kappa shape index (κ1) is 13.0. The Bertz CT molecular complexity index is 845. The lowest BCUT2D eigenvalue weighted by molar-refractivity contribution is 0.595. The lowest BCUT2D eigenvalue weighted by atomic mass is 10.2. The highest BCUT2D eigenvalue weighted by molar-refractivity contribution is 9.10. The molecule has 2 aromatic carbocycles. The topological polar surface area (TPSA) is 34.9 Å². The van der Waals surface area contributed by atoms with Crippen molar-refractivity contribution in [2.75, 3.05) is 0 Å². The number of rotatable bonds is 2. The largest absolute Gasteiger partial charge is 0.294 e. The number of halogens is 2. The first-order chi connectivity index (χ1) is 9.65. The van der Waals surface area contributed by atoms with Crippen LogP contribution in [0, 0.1) is 5.82 Å². The average Bonchev–Trinajstić information content (AvgIpc) is 2.46. The van der Waals surface area contributed by atoms with Gasteiger partial charge in [0.15, 0.2) is 0 Å². The smallest absolute Gasteiger partial charge is 0.261 e. The molecule has 0 fully saturated rings. The zero-order valence-corrected chi connectivity index (χ0v) is 12.0. The van der Waals surface area contributed by atoms with Crippen molar-refractivity contribution in [2.45, 2.75) is 6.54 Å². The summed E-state index contributed by atoms with van der Waals surface area (Å²) in [7, 11) is 0. The fourth-order valence-electron chi connectivity index (χ4n) is 2.07. The number of aromatic nitrogens is 2. The molecule has 0 N–H and O–H groups in total. The minimum atomic E-state index is -0.340. The van der Waals surface area contributed by atoms with Crippen LogP contribution in [0.5, 0.6) is 0 Å². The van der Waals surface area contributed by atoms with E-state index in [2.05, 4.69) is 20.9 Å². The Kier molecular flexibility index (Phi) is 3.36. The van der Waals surface area contributed by atoms with E-state index in [-0.39, 0.29) is 17.9 Å². The van der Waals surface area contributed by atoms with Crippen molar-refractivity contribution in [1.29, 1.82) is 0 Å². The molecule has 0 saturated carbocycles. The summed E-state index contributed by atoms with van der Waals surface area (Å²) in [5.74, 6) is -0.340. The second-order valence-electron chi connectivity index (χ2n) is 4.43. The summed E-state index contributed by atoms with van der Waals surface area (Å²) in [5.41, 5.74) is 0.914. The molecule has 0 amide bonds. The van der Waals surface area contributed by atoms with Crippen LogP contribution in [-0.2, 0) is 6.54 Å². The molecule has 0 aliphatic heterocycles. The van der Waals surface area contributed by atoms with Gasteiger partial charge in [0.05, 0.1) is 23.8 Å².